The third-order valence-electron chi connectivity index (χ3n) is 5.84. The fourth-order valence-electron chi connectivity index (χ4n) is 4.02. The van der Waals surface area contributed by atoms with Crippen LogP contribution in [0, 0.1) is 11.6 Å². The summed E-state index contributed by atoms with van der Waals surface area (Å²) in [5.74, 6) is -2.10. The van der Waals surface area contributed by atoms with Gasteiger partial charge in [-0.1, -0.05) is 18.2 Å². The van der Waals surface area contributed by atoms with E-state index in [1.807, 2.05) is 18.2 Å². The number of sulfonamides is 1. The molecule has 192 valence electrons. The van der Waals surface area contributed by atoms with Crippen LogP contribution >= 0.6 is 0 Å². The molecule has 0 bridgehead atoms. The van der Waals surface area contributed by atoms with Gasteiger partial charge in [-0.05, 0) is 65.2 Å². The first-order chi connectivity index (χ1) is 18.0. The van der Waals surface area contributed by atoms with Gasteiger partial charge in [0.2, 0.25) is 0 Å². The number of rotatable bonds is 6. The Labute approximate surface area is 217 Å². The van der Waals surface area contributed by atoms with Crippen LogP contribution in [0.2, 0.25) is 0 Å². The van der Waals surface area contributed by atoms with Crippen molar-refractivity contribution < 1.29 is 25.6 Å². The van der Waals surface area contributed by atoms with Gasteiger partial charge in [-0.15, -0.1) is 0 Å². The smallest absolute Gasteiger partial charge is 0.264 e. The van der Waals surface area contributed by atoms with Crippen LogP contribution in [0.4, 0.5) is 14.5 Å². The van der Waals surface area contributed by atoms with Crippen LogP contribution < -0.4 is 4.72 Å². The largest absolute Gasteiger partial charge is 0.278 e. The average molecular weight is 552 g/mol. The zero-order valence-corrected chi connectivity index (χ0v) is 21.4. The second-order valence-corrected chi connectivity index (χ2v) is 12.2. The molecule has 2 heterocycles. The molecule has 38 heavy (non-hydrogen) atoms. The Morgan fingerprint density at radius 2 is 1.50 bits per heavy atom. The van der Waals surface area contributed by atoms with Crippen molar-refractivity contribution in [2.45, 2.75) is 9.79 Å². The number of benzene rings is 3. The molecule has 0 saturated heterocycles. The molecule has 0 aliphatic rings. The van der Waals surface area contributed by atoms with E-state index in [1.54, 1.807) is 48.8 Å². The Morgan fingerprint density at radius 3 is 2.21 bits per heavy atom. The van der Waals surface area contributed by atoms with Crippen molar-refractivity contribution in [3.8, 4) is 22.3 Å². The number of sulfone groups is 1. The van der Waals surface area contributed by atoms with Crippen LogP contribution in [0.5, 0.6) is 0 Å². The van der Waals surface area contributed by atoms with Crippen molar-refractivity contribution in [1.82, 2.24) is 9.97 Å². The van der Waals surface area contributed by atoms with Gasteiger partial charge >= 0.3 is 0 Å². The molecule has 2 aromatic heterocycles. The molecule has 11 heteroatoms. The average Bonchev–Trinajstić information content (AvgIpc) is 2.87. The third-order valence-corrected chi connectivity index (χ3v) is 8.39. The first-order valence-electron chi connectivity index (χ1n) is 11.1. The molecule has 0 saturated carbocycles. The molecule has 1 N–H and O–H groups in total. The topological polar surface area (TPSA) is 106 Å². The Hall–Kier alpha value is -4.22. The van der Waals surface area contributed by atoms with E-state index in [0.29, 0.717) is 22.7 Å². The Bertz CT molecular complexity index is 1910. The molecule has 5 rings (SSSR count). The maximum atomic E-state index is 14.1. The number of pyridine rings is 2. The van der Waals surface area contributed by atoms with Crippen LogP contribution in [0.1, 0.15) is 0 Å². The van der Waals surface area contributed by atoms with Crippen LogP contribution in [0.15, 0.2) is 101 Å². The summed E-state index contributed by atoms with van der Waals surface area (Å²) in [6.07, 6.45) is 5.64. The summed E-state index contributed by atoms with van der Waals surface area (Å²) in [5, 5.41) is 0.788. The lowest BCUT2D eigenvalue weighted by Crippen LogP contribution is -2.15. The Morgan fingerprint density at radius 1 is 0.763 bits per heavy atom. The zero-order chi connectivity index (χ0) is 27.1. The third kappa shape index (κ3) is 5.11. The van der Waals surface area contributed by atoms with Crippen molar-refractivity contribution in [2.24, 2.45) is 0 Å². The van der Waals surface area contributed by atoms with Gasteiger partial charge in [-0.3, -0.25) is 14.7 Å². The van der Waals surface area contributed by atoms with E-state index in [-0.39, 0.29) is 10.6 Å². The lowest BCUT2D eigenvalue weighted by atomic mass is 9.98. The fraction of sp³-hybridized carbons (Fsp3) is 0.0370. The Balaban J connectivity index is 1.52. The van der Waals surface area contributed by atoms with E-state index in [1.165, 1.54) is 6.20 Å². The number of hydrogen-bond acceptors (Lipinski definition) is 6. The van der Waals surface area contributed by atoms with Crippen molar-refractivity contribution in [3.63, 3.8) is 0 Å². The Kier molecular flexibility index (Phi) is 6.41. The van der Waals surface area contributed by atoms with Gasteiger partial charge in [0.15, 0.2) is 9.84 Å². The molecule has 0 atom stereocenters. The van der Waals surface area contributed by atoms with Gasteiger partial charge in [-0.2, -0.15) is 0 Å². The van der Waals surface area contributed by atoms with Crippen LogP contribution in [0.25, 0.3) is 33.2 Å². The summed E-state index contributed by atoms with van der Waals surface area (Å²) in [5.41, 5.74) is 3.70. The number of nitrogens with zero attached hydrogens (tertiary/aromatic N) is 2. The first-order valence-corrected chi connectivity index (χ1v) is 14.5. The van der Waals surface area contributed by atoms with Gasteiger partial charge in [0.1, 0.15) is 16.5 Å². The standard InChI is InChI=1S/C27H19F2N3O4S2/c1-37(33,34)22-6-2-17(3-7-22)23-10-11-31-26-8-4-18(13-24(23)26)19-12-21(16-30-15-19)32-38(35,36)27-9-5-20(28)14-25(27)29/h2-16,32H,1H3. The quantitative estimate of drug-likeness (QED) is 0.301. The monoisotopic (exact) mass is 551 g/mol. The van der Waals surface area contributed by atoms with E-state index in [2.05, 4.69) is 14.7 Å². The highest BCUT2D eigenvalue weighted by molar-refractivity contribution is 7.92. The van der Waals surface area contributed by atoms with Crippen molar-refractivity contribution >= 4 is 36.5 Å². The van der Waals surface area contributed by atoms with E-state index >= 15 is 0 Å². The minimum atomic E-state index is -4.34. The maximum Gasteiger partial charge on any atom is 0.264 e. The van der Waals surface area contributed by atoms with Crippen molar-refractivity contribution in [1.29, 1.82) is 0 Å². The maximum absolute atomic E-state index is 14.1. The molecule has 0 radical (unpaired) electrons. The summed E-state index contributed by atoms with van der Waals surface area (Å²) in [7, 11) is -7.67. The lowest BCUT2D eigenvalue weighted by Gasteiger charge is -2.11. The number of aromatic nitrogens is 2. The number of halogens is 2. The minimum absolute atomic E-state index is 0.0918. The second kappa shape index (κ2) is 9.58. The molecule has 0 unspecified atom stereocenters. The predicted molar refractivity (Wildman–Crippen MR) is 141 cm³/mol. The number of fused-ring (bicyclic) bond motifs is 1. The van der Waals surface area contributed by atoms with Crippen molar-refractivity contribution in [3.05, 3.63) is 103 Å². The van der Waals surface area contributed by atoms with Gasteiger partial charge in [0.05, 0.1) is 22.3 Å². The highest BCUT2D eigenvalue weighted by atomic mass is 32.2. The molecule has 0 amide bonds. The lowest BCUT2D eigenvalue weighted by molar-refractivity contribution is 0.551. The van der Waals surface area contributed by atoms with Crippen LogP contribution in [0.3, 0.4) is 0 Å². The summed E-state index contributed by atoms with van der Waals surface area (Å²) in [4.78, 5) is 8.05. The molecule has 7 nitrogen and oxygen atoms in total. The molecular formula is C27H19F2N3O4S2. The molecule has 0 spiro atoms. The molecule has 5 aromatic rings. The predicted octanol–water partition coefficient (Wildman–Crippen LogP) is 5.45. The highest BCUT2D eigenvalue weighted by Gasteiger charge is 2.20. The second-order valence-electron chi connectivity index (χ2n) is 8.53. The summed E-state index contributed by atoms with van der Waals surface area (Å²) < 4.78 is 78.6. The summed E-state index contributed by atoms with van der Waals surface area (Å²) in [6, 6.07) is 17.6. The van der Waals surface area contributed by atoms with Gasteiger partial charge in [0, 0.05) is 35.7 Å². The SMILES string of the molecule is CS(=O)(=O)c1ccc(-c2ccnc3ccc(-c4cncc(NS(=O)(=O)c5ccc(F)cc5F)c4)cc23)cc1. The minimum Gasteiger partial charge on any atom is -0.278 e. The van der Waals surface area contributed by atoms with Crippen LogP contribution in [-0.4, -0.2) is 33.1 Å². The first kappa shape index (κ1) is 25.4. The van der Waals surface area contributed by atoms with E-state index in [0.717, 1.165) is 34.9 Å². The highest BCUT2D eigenvalue weighted by Crippen LogP contribution is 2.32. The fourth-order valence-corrected chi connectivity index (χ4v) is 5.74. The van der Waals surface area contributed by atoms with Crippen molar-refractivity contribution in [2.75, 3.05) is 11.0 Å². The molecule has 3 aromatic carbocycles. The van der Waals surface area contributed by atoms with Gasteiger partial charge < -0.3 is 0 Å². The van der Waals surface area contributed by atoms with Gasteiger partial charge in [0.25, 0.3) is 10.0 Å². The number of hydrogen-bond donors (Lipinski definition) is 1. The molecule has 0 fully saturated rings. The van der Waals surface area contributed by atoms with E-state index in [9.17, 15) is 25.6 Å². The summed E-state index contributed by atoms with van der Waals surface area (Å²) >= 11 is 0. The van der Waals surface area contributed by atoms with E-state index in [4.69, 9.17) is 0 Å². The van der Waals surface area contributed by atoms with Gasteiger partial charge in [-0.25, -0.2) is 25.6 Å². The zero-order valence-electron chi connectivity index (χ0n) is 19.8. The van der Waals surface area contributed by atoms with Crippen LogP contribution in [-0.2, 0) is 19.9 Å². The molecular weight excluding hydrogens is 532 g/mol. The van der Waals surface area contributed by atoms with E-state index < -0.39 is 36.4 Å². The number of nitrogens with one attached hydrogen (secondary N) is 1. The number of anilines is 1. The molecule has 0 aliphatic carbocycles. The summed E-state index contributed by atoms with van der Waals surface area (Å²) in [6.45, 7) is 0. The normalized spacial score (nSPS) is 12.0. The molecule has 0 aliphatic heterocycles.